The molecule has 0 aromatic heterocycles. The third-order valence-corrected chi connectivity index (χ3v) is 1.28. The Kier molecular flexibility index (Phi) is 4.85. The van der Waals surface area contributed by atoms with Crippen molar-refractivity contribution in [2.75, 3.05) is 0 Å². The molecular weight excluding hydrogens is 179 g/mol. The van der Waals surface area contributed by atoms with Crippen LogP contribution < -0.4 is 0 Å². The average Bonchev–Trinajstić information content (AvgIpc) is 2.00. The molecule has 0 bridgehead atoms. The first kappa shape index (κ1) is 11.4. The molecule has 0 saturated heterocycles. The van der Waals surface area contributed by atoms with Crippen LogP contribution in [0.3, 0.4) is 0 Å². The molecule has 0 aliphatic rings. The van der Waals surface area contributed by atoms with Gasteiger partial charge < -0.3 is 0 Å². The van der Waals surface area contributed by atoms with Crippen LogP contribution >= 0.6 is 0 Å². The van der Waals surface area contributed by atoms with Crippen LogP contribution in [0, 0.1) is 0 Å². The van der Waals surface area contributed by atoms with Gasteiger partial charge in [0, 0.05) is 6.42 Å². The van der Waals surface area contributed by atoms with Crippen molar-refractivity contribution in [1.82, 2.24) is 0 Å². The highest BCUT2D eigenvalue weighted by molar-refractivity contribution is 4.89. The highest BCUT2D eigenvalue weighted by atomic mass is 19.3. The number of hydrogen-bond acceptors (Lipinski definition) is 0. The molecule has 0 aromatic carbocycles. The molecule has 0 heterocycles. The normalized spacial score (nSPS) is 18.8. The number of hydrogen-bond donors (Lipinski definition) is 0. The van der Waals surface area contributed by atoms with E-state index in [0.717, 1.165) is 0 Å². The molecule has 0 rings (SSSR count). The predicted octanol–water partition coefficient (Wildman–Crippen LogP) is 2.84. The van der Waals surface area contributed by atoms with Gasteiger partial charge in [-0.05, 0) is 0 Å². The highest BCUT2D eigenvalue weighted by Gasteiger charge is 2.29. The van der Waals surface area contributed by atoms with Gasteiger partial charge in [-0.25, -0.2) is 22.0 Å². The van der Waals surface area contributed by atoms with Gasteiger partial charge in [0.1, 0.15) is 6.17 Å². The summed E-state index contributed by atoms with van der Waals surface area (Å²) in [5.41, 5.74) is 0. The highest BCUT2D eigenvalue weighted by Crippen LogP contribution is 2.18. The Morgan fingerprint density at radius 2 is 1.58 bits per heavy atom. The van der Waals surface area contributed by atoms with Gasteiger partial charge in [0.15, 0.2) is 12.3 Å². The summed E-state index contributed by atoms with van der Waals surface area (Å²) in [6.07, 6.45) is -10.9. The van der Waals surface area contributed by atoms with Gasteiger partial charge in [0.2, 0.25) is 6.43 Å². The quantitative estimate of drug-likeness (QED) is 0.459. The summed E-state index contributed by atoms with van der Waals surface area (Å²) in [5, 5.41) is 0. The van der Waals surface area contributed by atoms with Crippen LogP contribution in [0.5, 0.6) is 0 Å². The van der Waals surface area contributed by atoms with Crippen LogP contribution in [0.1, 0.15) is 6.42 Å². The first-order valence-corrected chi connectivity index (χ1v) is 3.32. The molecule has 0 radical (unpaired) electrons. The molecule has 3 atom stereocenters. The molecule has 0 aromatic rings. The van der Waals surface area contributed by atoms with Crippen molar-refractivity contribution in [3.8, 4) is 0 Å². The minimum Gasteiger partial charge on any atom is -0.244 e. The molecule has 0 saturated carbocycles. The van der Waals surface area contributed by atoms with Gasteiger partial charge >= 0.3 is 0 Å². The number of alkyl halides is 5. The van der Waals surface area contributed by atoms with Crippen molar-refractivity contribution in [2.24, 2.45) is 0 Å². The minimum atomic E-state index is -2.96. The monoisotopic (exact) mass is 188 g/mol. The lowest BCUT2D eigenvalue weighted by atomic mass is 10.1. The maximum absolute atomic E-state index is 12.4. The Hall–Kier alpha value is -0.610. The average molecular weight is 188 g/mol. The molecule has 0 amide bonds. The third kappa shape index (κ3) is 3.69. The standard InChI is InChI=1S/C7H9F5/c1-2-4(8)7(12)5(9)3-6(10)11/h2,4-7H,1,3H2. The Morgan fingerprint density at radius 3 is 1.92 bits per heavy atom. The van der Waals surface area contributed by atoms with Crippen molar-refractivity contribution in [3.63, 3.8) is 0 Å². The van der Waals surface area contributed by atoms with E-state index >= 15 is 0 Å². The van der Waals surface area contributed by atoms with E-state index in [2.05, 4.69) is 6.58 Å². The van der Waals surface area contributed by atoms with E-state index in [-0.39, 0.29) is 0 Å². The zero-order valence-corrected chi connectivity index (χ0v) is 6.19. The minimum absolute atomic E-state index is 0.544. The topological polar surface area (TPSA) is 0 Å². The maximum Gasteiger partial charge on any atom is 0.241 e. The van der Waals surface area contributed by atoms with Crippen molar-refractivity contribution in [1.29, 1.82) is 0 Å². The second-order valence-corrected chi connectivity index (χ2v) is 2.27. The SMILES string of the molecule is C=CC(F)C(F)C(F)CC(F)F. The van der Waals surface area contributed by atoms with Crippen LogP contribution in [-0.4, -0.2) is 24.9 Å². The van der Waals surface area contributed by atoms with Gasteiger partial charge in [0.05, 0.1) is 0 Å². The van der Waals surface area contributed by atoms with Gasteiger partial charge in [-0.2, -0.15) is 0 Å². The molecule has 72 valence electrons. The number of halogens is 5. The van der Waals surface area contributed by atoms with Gasteiger partial charge in [-0.3, -0.25) is 0 Å². The summed E-state index contributed by atoms with van der Waals surface area (Å²) in [6.45, 7) is 2.87. The Morgan fingerprint density at radius 1 is 1.08 bits per heavy atom. The van der Waals surface area contributed by atoms with Crippen LogP contribution in [0.25, 0.3) is 0 Å². The molecule has 0 aliphatic carbocycles. The van der Waals surface area contributed by atoms with Gasteiger partial charge in [-0.15, -0.1) is 6.58 Å². The summed E-state index contributed by atoms with van der Waals surface area (Å²) in [6, 6.07) is 0. The van der Waals surface area contributed by atoms with Crippen molar-refractivity contribution < 1.29 is 22.0 Å². The van der Waals surface area contributed by atoms with E-state index in [4.69, 9.17) is 0 Å². The summed E-state index contributed by atoms with van der Waals surface area (Å²) < 4.78 is 59.9. The second kappa shape index (κ2) is 5.11. The van der Waals surface area contributed by atoms with E-state index in [1.165, 1.54) is 0 Å². The Bertz CT molecular complexity index is 136. The first-order chi connectivity index (χ1) is 5.49. The molecule has 5 heteroatoms. The molecule has 0 fully saturated rings. The summed E-state index contributed by atoms with van der Waals surface area (Å²) in [7, 11) is 0. The van der Waals surface area contributed by atoms with E-state index in [1.807, 2.05) is 0 Å². The van der Waals surface area contributed by atoms with Crippen LogP contribution in [0.2, 0.25) is 0 Å². The number of allylic oxidation sites excluding steroid dienone is 1. The smallest absolute Gasteiger partial charge is 0.241 e. The molecule has 0 aliphatic heterocycles. The van der Waals surface area contributed by atoms with E-state index in [1.54, 1.807) is 0 Å². The maximum atomic E-state index is 12.4. The lowest BCUT2D eigenvalue weighted by Crippen LogP contribution is -2.28. The molecule has 12 heavy (non-hydrogen) atoms. The van der Waals surface area contributed by atoms with Gasteiger partial charge in [0.25, 0.3) is 0 Å². The van der Waals surface area contributed by atoms with E-state index < -0.39 is 31.4 Å². The van der Waals surface area contributed by atoms with Crippen LogP contribution in [0.15, 0.2) is 12.7 Å². The Balaban J connectivity index is 3.91. The van der Waals surface area contributed by atoms with E-state index in [9.17, 15) is 22.0 Å². The lowest BCUT2D eigenvalue weighted by molar-refractivity contribution is 0.0428. The summed E-state index contributed by atoms with van der Waals surface area (Å²) >= 11 is 0. The van der Waals surface area contributed by atoms with E-state index in [0.29, 0.717) is 6.08 Å². The van der Waals surface area contributed by atoms with Gasteiger partial charge in [-0.1, -0.05) is 6.08 Å². The predicted molar refractivity (Wildman–Crippen MR) is 35.5 cm³/mol. The molecule has 0 spiro atoms. The molecule has 0 nitrogen and oxygen atoms in total. The summed E-state index contributed by atoms with van der Waals surface area (Å²) in [4.78, 5) is 0. The molecule has 0 N–H and O–H groups in total. The first-order valence-electron chi connectivity index (χ1n) is 3.32. The lowest BCUT2D eigenvalue weighted by Gasteiger charge is -2.14. The third-order valence-electron chi connectivity index (χ3n) is 1.28. The van der Waals surface area contributed by atoms with Crippen LogP contribution in [-0.2, 0) is 0 Å². The fourth-order valence-corrected chi connectivity index (χ4v) is 0.630. The number of rotatable bonds is 5. The fourth-order valence-electron chi connectivity index (χ4n) is 0.630. The van der Waals surface area contributed by atoms with Crippen molar-refractivity contribution >= 4 is 0 Å². The fraction of sp³-hybridized carbons (Fsp3) is 0.714. The molecule has 3 unspecified atom stereocenters. The zero-order valence-electron chi connectivity index (χ0n) is 6.19. The van der Waals surface area contributed by atoms with Crippen molar-refractivity contribution in [3.05, 3.63) is 12.7 Å². The van der Waals surface area contributed by atoms with Crippen molar-refractivity contribution in [2.45, 2.75) is 31.4 Å². The Labute approximate surface area is 67.1 Å². The molecular formula is C7H9F5. The van der Waals surface area contributed by atoms with Crippen LogP contribution in [0.4, 0.5) is 22.0 Å². The second-order valence-electron chi connectivity index (χ2n) is 2.27. The largest absolute Gasteiger partial charge is 0.244 e. The zero-order chi connectivity index (χ0) is 9.72. The summed E-state index contributed by atoms with van der Waals surface area (Å²) in [5.74, 6) is 0.